The lowest BCUT2D eigenvalue weighted by Crippen LogP contribution is -2.62. The first-order valence-electron chi connectivity index (χ1n) is 9.67. The highest BCUT2D eigenvalue weighted by molar-refractivity contribution is 6.01. The molecule has 148 valence electrons. The molecule has 1 atom stereocenters. The minimum Gasteiger partial charge on any atom is -0.354 e. The number of fused-ring (bicyclic) bond motifs is 1. The van der Waals surface area contributed by atoms with Crippen molar-refractivity contribution in [1.82, 2.24) is 24.9 Å². The lowest BCUT2D eigenvalue weighted by atomic mass is 9.95. The summed E-state index contributed by atoms with van der Waals surface area (Å²) in [5.74, 6) is -0.156. The first-order valence-corrected chi connectivity index (χ1v) is 9.67. The van der Waals surface area contributed by atoms with Crippen molar-refractivity contribution in [2.45, 2.75) is 52.1 Å². The van der Waals surface area contributed by atoms with Gasteiger partial charge in [-0.3, -0.25) is 19.1 Å². The van der Waals surface area contributed by atoms with Gasteiger partial charge in [-0.15, -0.1) is 0 Å². The predicted molar refractivity (Wildman–Crippen MR) is 100 cm³/mol. The van der Waals surface area contributed by atoms with Gasteiger partial charge in [0.25, 0.3) is 11.8 Å². The van der Waals surface area contributed by atoms with Crippen molar-refractivity contribution < 1.29 is 14.4 Å². The first kappa shape index (κ1) is 19.4. The van der Waals surface area contributed by atoms with E-state index in [4.69, 9.17) is 0 Å². The van der Waals surface area contributed by atoms with Crippen LogP contribution in [0, 0.1) is 5.92 Å². The molecule has 2 aliphatic rings. The van der Waals surface area contributed by atoms with E-state index in [9.17, 15) is 14.4 Å². The molecule has 0 radical (unpaired) electrons. The normalized spacial score (nSPS) is 22.3. The fraction of sp³-hybridized carbons (Fsp3) is 0.684. The lowest BCUT2D eigenvalue weighted by Gasteiger charge is -2.40. The Labute approximate surface area is 159 Å². The summed E-state index contributed by atoms with van der Waals surface area (Å²) in [6, 6.07) is 1.55. The van der Waals surface area contributed by atoms with Gasteiger partial charge >= 0.3 is 0 Å². The monoisotopic (exact) mass is 375 g/mol. The number of likely N-dealkylation sites (N-methyl/N-ethyl adjacent to an activating group) is 1. The first-order chi connectivity index (χ1) is 12.7. The van der Waals surface area contributed by atoms with Gasteiger partial charge < -0.3 is 15.1 Å². The number of amides is 3. The number of carbonyl (C=O) groups excluding carboxylic acids is 3. The summed E-state index contributed by atoms with van der Waals surface area (Å²) in [7, 11) is 1.63. The van der Waals surface area contributed by atoms with Crippen LogP contribution < -0.4 is 5.32 Å². The number of hydrogen-bond donors (Lipinski definition) is 1. The molecule has 1 fully saturated rings. The van der Waals surface area contributed by atoms with Crippen LogP contribution in [0.5, 0.6) is 0 Å². The number of nitrogens with zero attached hydrogens (tertiary/aromatic N) is 4. The van der Waals surface area contributed by atoms with Gasteiger partial charge in [-0.2, -0.15) is 5.10 Å². The van der Waals surface area contributed by atoms with Crippen LogP contribution >= 0.6 is 0 Å². The maximum Gasteiger partial charge on any atom is 0.274 e. The second kappa shape index (κ2) is 7.32. The van der Waals surface area contributed by atoms with Gasteiger partial charge in [-0.25, -0.2) is 0 Å². The number of rotatable bonds is 5. The molecule has 0 bridgehead atoms. The molecule has 8 heteroatoms. The fourth-order valence-corrected chi connectivity index (χ4v) is 3.58. The summed E-state index contributed by atoms with van der Waals surface area (Å²) < 4.78 is 1.51. The summed E-state index contributed by atoms with van der Waals surface area (Å²) >= 11 is 0. The molecule has 27 heavy (non-hydrogen) atoms. The SMILES string of the molecule is CC(C)CCNC(=O)C1(C)Cn2nc(C(=O)N3CCCC3)cc2C(=O)N1C. The standard InChI is InChI=1S/C19H29N5O3/c1-13(2)7-8-20-18(27)19(3)12-24-15(17(26)22(19)4)11-14(21-24)16(25)23-9-5-6-10-23/h11,13H,5-10,12H2,1-4H3,(H,20,27). The Morgan fingerprint density at radius 3 is 2.59 bits per heavy atom. The molecule has 0 aromatic carbocycles. The Balaban J connectivity index is 1.80. The molecule has 8 nitrogen and oxygen atoms in total. The van der Waals surface area contributed by atoms with Gasteiger partial charge in [0.1, 0.15) is 11.2 Å². The second-order valence-corrected chi connectivity index (χ2v) is 8.15. The average molecular weight is 375 g/mol. The van der Waals surface area contributed by atoms with Crippen LogP contribution in [0.25, 0.3) is 0 Å². The highest BCUT2D eigenvalue weighted by atomic mass is 16.2. The van der Waals surface area contributed by atoms with Crippen LogP contribution in [0.2, 0.25) is 0 Å². The van der Waals surface area contributed by atoms with Crippen molar-refractivity contribution in [2.75, 3.05) is 26.7 Å². The van der Waals surface area contributed by atoms with E-state index in [0.717, 1.165) is 32.4 Å². The van der Waals surface area contributed by atoms with Crippen LogP contribution in [-0.4, -0.2) is 69.5 Å². The molecule has 2 aliphatic heterocycles. The van der Waals surface area contributed by atoms with Crippen molar-refractivity contribution in [3.8, 4) is 0 Å². The smallest absolute Gasteiger partial charge is 0.274 e. The molecule has 1 saturated heterocycles. The lowest BCUT2D eigenvalue weighted by molar-refractivity contribution is -0.132. The van der Waals surface area contributed by atoms with Crippen molar-refractivity contribution in [3.63, 3.8) is 0 Å². The van der Waals surface area contributed by atoms with Gasteiger partial charge in [-0.1, -0.05) is 13.8 Å². The van der Waals surface area contributed by atoms with Crippen LogP contribution in [0.4, 0.5) is 0 Å². The van der Waals surface area contributed by atoms with Crippen molar-refractivity contribution in [2.24, 2.45) is 5.92 Å². The van der Waals surface area contributed by atoms with E-state index in [0.29, 0.717) is 18.2 Å². The van der Waals surface area contributed by atoms with E-state index in [1.54, 1.807) is 24.9 Å². The average Bonchev–Trinajstić information content (AvgIpc) is 3.28. The summed E-state index contributed by atoms with van der Waals surface area (Å²) in [5, 5.41) is 7.30. The number of aromatic nitrogens is 2. The summed E-state index contributed by atoms with van der Waals surface area (Å²) in [6.45, 7) is 8.18. The Bertz CT molecular complexity index is 751. The molecule has 0 aliphatic carbocycles. The van der Waals surface area contributed by atoms with Crippen molar-refractivity contribution >= 4 is 17.7 Å². The van der Waals surface area contributed by atoms with E-state index in [2.05, 4.69) is 24.3 Å². The molecular formula is C19H29N5O3. The Morgan fingerprint density at radius 1 is 1.30 bits per heavy atom. The van der Waals surface area contributed by atoms with Gasteiger partial charge in [0.2, 0.25) is 5.91 Å². The minimum atomic E-state index is -1.04. The molecule has 1 aromatic heterocycles. The molecule has 0 saturated carbocycles. The molecule has 1 unspecified atom stereocenters. The number of likely N-dealkylation sites (tertiary alicyclic amines) is 1. The summed E-state index contributed by atoms with van der Waals surface area (Å²) in [6.07, 6.45) is 2.87. The summed E-state index contributed by atoms with van der Waals surface area (Å²) in [4.78, 5) is 41.5. The number of carbonyl (C=O) groups is 3. The van der Waals surface area contributed by atoms with E-state index in [-0.39, 0.29) is 30.0 Å². The fourth-order valence-electron chi connectivity index (χ4n) is 3.58. The van der Waals surface area contributed by atoms with Gasteiger partial charge in [0, 0.05) is 32.7 Å². The number of nitrogens with one attached hydrogen (secondary N) is 1. The number of hydrogen-bond acceptors (Lipinski definition) is 4. The van der Waals surface area contributed by atoms with E-state index in [1.165, 1.54) is 9.58 Å². The molecule has 3 amide bonds. The summed E-state index contributed by atoms with van der Waals surface area (Å²) in [5.41, 5.74) is -0.410. The molecule has 3 heterocycles. The highest BCUT2D eigenvalue weighted by Gasteiger charge is 2.46. The maximum absolute atomic E-state index is 12.8. The third kappa shape index (κ3) is 3.57. The van der Waals surface area contributed by atoms with E-state index >= 15 is 0 Å². The quantitative estimate of drug-likeness (QED) is 0.836. The minimum absolute atomic E-state index is 0.145. The van der Waals surface area contributed by atoms with E-state index < -0.39 is 5.54 Å². The van der Waals surface area contributed by atoms with Gasteiger partial charge in [-0.05, 0) is 32.1 Å². The van der Waals surface area contributed by atoms with Crippen molar-refractivity contribution in [3.05, 3.63) is 17.5 Å². The highest BCUT2D eigenvalue weighted by Crippen LogP contribution is 2.26. The van der Waals surface area contributed by atoms with E-state index in [1.807, 2.05) is 0 Å². The zero-order valence-electron chi connectivity index (χ0n) is 16.6. The third-order valence-corrected chi connectivity index (χ3v) is 5.61. The van der Waals surface area contributed by atoms with Gasteiger partial charge in [0.05, 0.1) is 6.54 Å². The molecule has 1 N–H and O–H groups in total. The molecular weight excluding hydrogens is 346 g/mol. The Hall–Kier alpha value is -2.38. The Morgan fingerprint density at radius 2 is 1.96 bits per heavy atom. The zero-order chi connectivity index (χ0) is 19.8. The Kier molecular flexibility index (Phi) is 5.26. The third-order valence-electron chi connectivity index (χ3n) is 5.61. The largest absolute Gasteiger partial charge is 0.354 e. The second-order valence-electron chi connectivity index (χ2n) is 8.15. The predicted octanol–water partition coefficient (Wildman–Crippen LogP) is 1.13. The van der Waals surface area contributed by atoms with Gasteiger partial charge in [0.15, 0.2) is 5.69 Å². The van der Waals surface area contributed by atoms with Crippen LogP contribution in [0.1, 0.15) is 61.0 Å². The van der Waals surface area contributed by atoms with Crippen LogP contribution in [0.3, 0.4) is 0 Å². The molecule has 3 rings (SSSR count). The molecule has 0 spiro atoms. The molecule has 1 aromatic rings. The zero-order valence-corrected chi connectivity index (χ0v) is 16.6. The maximum atomic E-state index is 12.8. The van der Waals surface area contributed by atoms with Crippen LogP contribution in [-0.2, 0) is 11.3 Å². The van der Waals surface area contributed by atoms with Crippen molar-refractivity contribution in [1.29, 1.82) is 0 Å². The van der Waals surface area contributed by atoms with Crippen LogP contribution in [0.15, 0.2) is 6.07 Å². The topological polar surface area (TPSA) is 87.5 Å².